The topological polar surface area (TPSA) is 76.1 Å². The molecule has 3 aromatic rings. The summed E-state index contributed by atoms with van der Waals surface area (Å²) < 4.78 is 11.0. The van der Waals surface area contributed by atoms with Gasteiger partial charge in [0.1, 0.15) is 17.3 Å². The fraction of sp³-hybridized carbons (Fsp3) is 0.154. The predicted molar refractivity (Wildman–Crippen MR) is 120 cm³/mol. The van der Waals surface area contributed by atoms with Crippen LogP contribution in [0, 0.1) is 0 Å². The van der Waals surface area contributed by atoms with Crippen LogP contribution < -0.4 is 14.4 Å². The van der Waals surface area contributed by atoms with Crippen molar-refractivity contribution in [3.05, 3.63) is 95.1 Å². The first-order chi connectivity index (χ1) is 15.6. The Balaban J connectivity index is 1.72. The smallest absolute Gasteiger partial charge is 0.300 e. The Labute approximate surface area is 185 Å². The minimum atomic E-state index is -0.794. The lowest BCUT2D eigenvalue weighted by Gasteiger charge is -2.26. The molecular formula is C26H21NO5. The van der Waals surface area contributed by atoms with Gasteiger partial charge in [0.25, 0.3) is 11.7 Å². The molecule has 0 aliphatic carbocycles. The van der Waals surface area contributed by atoms with Crippen LogP contribution in [0.25, 0.3) is 5.76 Å². The number of benzene rings is 3. The molecule has 160 valence electrons. The summed E-state index contributed by atoms with van der Waals surface area (Å²) in [6.07, 6.45) is 0.730. The molecule has 32 heavy (non-hydrogen) atoms. The molecule has 6 nitrogen and oxygen atoms in total. The zero-order valence-corrected chi connectivity index (χ0v) is 17.4. The van der Waals surface area contributed by atoms with Gasteiger partial charge in [-0.2, -0.15) is 0 Å². The van der Waals surface area contributed by atoms with Crippen molar-refractivity contribution in [2.75, 3.05) is 18.6 Å². The number of para-hydroxylation sites is 2. The third-order valence-corrected chi connectivity index (χ3v) is 5.87. The molecule has 2 heterocycles. The number of nitrogens with zero attached hydrogens (tertiary/aromatic N) is 1. The molecule has 3 aromatic carbocycles. The second-order valence-electron chi connectivity index (χ2n) is 7.67. The van der Waals surface area contributed by atoms with Crippen LogP contribution >= 0.6 is 0 Å². The number of anilines is 1. The van der Waals surface area contributed by atoms with Gasteiger partial charge in [0.15, 0.2) is 0 Å². The highest BCUT2D eigenvalue weighted by atomic mass is 16.5. The van der Waals surface area contributed by atoms with E-state index in [0.29, 0.717) is 29.2 Å². The zero-order valence-electron chi connectivity index (χ0n) is 17.4. The highest BCUT2D eigenvalue weighted by Crippen LogP contribution is 2.45. The summed E-state index contributed by atoms with van der Waals surface area (Å²) in [5.41, 5.74) is 2.67. The fourth-order valence-corrected chi connectivity index (χ4v) is 4.35. The molecule has 0 spiro atoms. The van der Waals surface area contributed by atoms with Crippen LogP contribution in [0.4, 0.5) is 5.69 Å². The van der Waals surface area contributed by atoms with E-state index in [1.165, 1.54) is 12.0 Å². The Kier molecular flexibility index (Phi) is 4.90. The third-order valence-electron chi connectivity index (χ3n) is 5.87. The number of aliphatic hydroxyl groups excluding tert-OH is 1. The maximum atomic E-state index is 13.2. The van der Waals surface area contributed by atoms with Gasteiger partial charge in [0.2, 0.25) is 0 Å². The fourth-order valence-electron chi connectivity index (χ4n) is 4.35. The van der Waals surface area contributed by atoms with Crippen molar-refractivity contribution < 1.29 is 24.2 Å². The molecule has 0 radical (unpaired) electrons. The van der Waals surface area contributed by atoms with Gasteiger partial charge >= 0.3 is 0 Å². The van der Waals surface area contributed by atoms with E-state index < -0.39 is 17.7 Å². The molecule has 5 rings (SSSR count). The summed E-state index contributed by atoms with van der Waals surface area (Å²) in [5, 5.41) is 11.3. The summed E-state index contributed by atoms with van der Waals surface area (Å²) >= 11 is 0. The van der Waals surface area contributed by atoms with Crippen LogP contribution in [0.5, 0.6) is 11.5 Å². The number of Topliss-reactive ketones (excluding diaryl/α,β-unsaturated/α-hetero) is 1. The van der Waals surface area contributed by atoms with Gasteiger partial charge in [-0.05, 0) is 41.5 Å². The zero-order chi connectivity index (χ0) is 22.2. The summed E-state index contributed by atoms with van der Waals surface area (Å²) in [6.45, 7) is 0.585. The average molecular weight is 427 g/mol. The normalized spacial score (nSPS) is 19.0. The van der Waals surface area contributed by atoms with Crippen LogP contribution in [0.1, 0.15) is 22.7 Å². The minimum Gasteiger partial charge on any atom is -0.507 e. The van der Waals surface area contributed by atoms with Gasteiger partial charge in [-0.3, -0.25) is 14.5 Å². The summed E-state index contributed by atoms with van der Waals surface area (Å²) in [7, 11) is 1.51. The van der Waals surface area contributed by atoms with E-state index in [1.807, 2.05) is 36.4 Å². The third kappa shape index (κ3) is 3.12. The van der Waals surface area contributed by atoms with Crippen molar-refractivity contribution in [1.29, 1.82) is 0 Å². The molecule has 1 unspecified atom stereocenters. The Bertz CT molecular complexity index is 1250. The Morgan fingerprint density at radius 1 is 1.03 bits per heavy atom. The van der Waals surface area contributed by atoms with Crippen LogP contribution in [-0.4, -0.2) is 30.5 Å². The second-order valence-corrected chi connectivity index (χ2v) is 7.67. The molecule has 6 heteroatoms. The SMILES string of the molecule is COc1ccccc1N1C(=O)C(=O)/C(=C(\O)c2ccc3c(c2)CCO3)C1c1ccccc1. The first-order valence-corrected chi connectivity index (χ1v) is 10.3. The van der Waals surface area contributed by atoms with Crippen LogP contribution in [0.3, 0.4) is 0 Å². The maximum absolute atomic E-state index is 13.2. The lowest BCUT2D eigenvalue weighted by molar-refractivity contribution is -0.132. The number of aliphatic hydroxyl groups is 1. The number of fused-ring (bicyclic) bond motifs is 1. The van der Waals surface area contributed by atoms with Crippen LogP contribution in [-0.2, 0) is 16.0 Å². The maximum Gasteiger partial charge on any atom is 0.300 e. The number of rotatable bonds is 4. The quantitative estimate of drug-likeness (QED) is 0.383. The monoisotopic (exact) mass is 427 g/mol. The molecule has 1 atom stereocenters. The number of hydrogen-bond acceptors (Lipinski definition) is 5. The van der Waals surface area contributed by atoms with Crippen molar-refractivity contribution in [3.8, 4) is 11.5 Å². The Hall–Kier alpha value is -4.06. The molecule has 2 aliphatic heterocycles. The minimum absolute atomic E-state index is 0.0472. The highest BCUT2D eigenvalue weighted by Gasteiger charge is 2.47. The standard InChI is InChI=1S/C26H21NO5/c1-31-21-10-6-5-9-19(21)27-23(16-7-3-2-4-8-16)22(25(29)26(27)30)24(28)18-11-12-20-17(15-18)13-14-32-20/h2-12,15,23,28H,13-14H2,1H3/b24-22-. The van der Waals surface area contributed by atoms with Crippen molar-refractivity contribution >= 4 is 23.1 Å². The number of methoxy groups -OCH3 is 1. The molecule has 0 aromatic heterocycles. The van der Waals surface area contributed by atoms with E-state index in [9.17, 15) is 14.7 Å². The summed E-state index contributed by atoms with van der Waals surface area (Å²) in [5.74, 6) is -0.418. The first kappa shape index (κ1) is 19.9. The number of carbonyl (C=O) groups is 2. The molecule has 1 N–H and O–H groups in total. The summed E-state index contributed by atoms with van der Waals surface area (Å²) in [4.78, 5) is 27.9. The predicted octanol–water partition coefficient (Wildman–Crippen LogP) is 4.26. The molecule has 1 fully saturated rings. The van der Waals surface area contributed by atoms with Gasteiger partial charge in [-0.1, -0.05) is 42.5 Å². The van der Waals surface area contributed by atoms with Crippen molar-refractivity contribution in [2.45, 2.75) is 12.5 Å². The van der Waals surface area contributed by atoms with E-state index in [4.69, 9.17) is 9.47 Å². The number of ether oxygens (including phenoxy) is 2. The molecule has 0 saturated carbocycles. The van der Waals surface area contributed by atoms with E-state index in [1.54, 1.807) is 36.4 Å². The Morgan fingerprint density at radius 3 is 2.56 bits per heavy atom. The van der Waals surface area contributed by atoms with Gasteiger partial charge in [-0.15, -0.1) is 0 Å². The van der Waals surface area contributed by atoms with Crippen LogP contribution in [0.15, 0.2) is 78.4 Å². The lowest BCUT2D eigenvalue weighted by Crippen LogP contribution is -2.29. The number of carbonyl (C=O) groups excluding carboxylic acids is 2. The van der Waals surface area contributed by atoms with E-state index in [-0.39, 0.29) is 11.3 Å². The number of ketones is 1. The van der Waals surface area contributed by atoms with Crippen LogP contribution in [0.2, 0.25) is 0 Å². The van der Waals surface area contributed by atoms with Gasteiger partial charge < -0.3 is 14.6 Å². The van der Waals surface area contributed by atoms with E-state index >= 15 is 0 Å². The molecule has 1 saturated heterocycles. The van der Waals surface area contributed by atoms with Gasteiger partial charge in [0, 0.05) is 12.0 Å². The number of hydrogen-bond donors (Lipinski definition) is 1. The average Bonchev–Trinajstić information content (AvgIpc) is 3.41. The van der Waals surface area contributed by atoms with E-state index in [0.717, 1.165) is 17.7 Å². The molecule has 1 amide bonds. The van der Waals surface area contributed by atoms with Gasteiger partial charge in [0.05, 0.1) is 31.0 Å². The number of amides is 1. The van der Waals surface area contributed by atoms with Crippen molar-refractivity contribution in [3.63, 3.8) is 0 Å². The summed E-state index contributed by atoms with van der Waals surface area (Å²) in [6, 6.07) is 20.8. The largest absolute Gasteiger partial charge is 0.507 e. The highest BCUT2D eigenvalue weighted by molar-refractivity contribution is 6.51. The molecular weight excluding hydrogens is 406 g/mol. The second kappa shape index (κ2) is 7.89. The van der Waals surface area contributed by atoms with Crippen molar-refractivity contribution in [2.24, 2.45) is 0 Å². The van der Waals surface area contributed by atoms with Crippen molar-refractivity contribution in [1.82, 2.24) is 0 Å². The van der Waals surface area contributed by atoms with Gasteiger partial charge in [-0.25, -0.2) is 0 Å². The molecule has 0 bridgehead atoms. The molecule has 2 aliphatic rings. The lowest BCUT2D eigenvalue weighted by atomic mass is 9.94. The van der Waals surface area contributed by atoms with E-state index in [2.05, 4.69) is 0 Å². The Morgan fingerprint density at radius 2 is 1.78 bits per heavy atom. The first-order valence-electron chi connectivity index (χ1n) is 10.3.